The third-order valence-electron chi connectivity index (χ3n) is 2.42. The number of amides is 1. The van der Waals surface area contributed by atoms with Crippen LogP contribution in [0.25, 0.3) is 0 Å². The Morgan fingerprint density at radius 3 is 2.29 bits per heavy atom. The van der Waals surface area contributed by atoms with E-state index in [-0.39, 0.29) is 10.2 Å². The van der Waals surface area contributed by atoms with Gasteiger partial charge in [0.05, 0.1) is 5.69 Å². The lowest BCUT2D eigenvalue weighted by Gasteiger charge is -2.18. The average Bonchev–Trinajstić information content (AvgIpc) is 2.29. The second-order valence-electron chi connectivity index (χ2n) is 4.53. The van der Waals surface area contributed by atoms with Crippen molar-refractivity contribution < 1.29 is 27.5 Å². The first-order chi connectivity index (χ1) is 9.54. The molecule has 0 unspecified atom stereocenters. The molecule has 1 aromatic rings. The fourth-order valence-electron chi connectivity index (χ4n) is 1.45. The smallest absolute Gasteiger partial charge is 0.421 e. The molecule has 1 N–H and O–H groups in total. The van der Waals surface area contributed by atoms with Gasteiger partial charge in [-0.2, -0.15) is 13.2 Å². The first-order valence-electron chi connectivity index (χ1n) is 5.93. The fraction of sp³-hybridized carbons (Fsp3) is 0.385. The highest BCUT2D eigenvalue weighted by molar-refractivity contribution is 9.10. The number of rotatable bonds is 3. The van der Waals surface area contributed by atoms with E-state index < -0.39 is 35.3 Å². The Kier molecular flexibility index (Phi) is 5.38. The fourth-order valence-corrected chi connectivity index (χ4v) is 1.99. The molecule has 1 aromatic carbocycles. The standard InChI is InChI=1S/C13H13BrF3NO3/c1-6(2)12(20)18-9-5-4-8(14)10(13(15,16)17)11(9)21-7(3)19/h4-6H,1-3H3,(H,18,20). The number of benzene rings is 1. The number of halogens is 4. The van der Waals surface area contributed by atoms with Crippen molar-refractivity contribution in [2.45, 2.75) is 26.9 Å². The molecule has 0 aliphatic heterocycles. The molecule has 0 aliphatic carbocycles. The van der Waals surface area contributed by atoms with Crippen molar-refractivity contribution in [3.05, 3.63) is 22.2 Å². The van der Waals surface area contributed by atoms with Crippen LogP contribution >= 0.6 is 15.9 Å². The number of carbonyl (C=O) groups is 2. The molecule has 21 heavy (non-hydrogen) atoms. The molecule has 0 fully saturated rings. The summed E-state index contributed by atoms with van der Waals surface area (Å²) in [5.74, 6) is -2.57. The molecule has 0 saturated carbocycles. The molecular weight excluding hydrogens is 355 g/mol. The second-order valence-corrected chi connectivity index (χ2v) is 5.39. The number of hydrogen-bond acceptors (Lipinski definition) is 3. The maximum absolute atomic E-state index is 13.1. The van der Waals surface area contributed by atoms with Gasteiger partial charge in [-0.15, -0.1) is 0 Å². The molecule has 0 heterocycles. The lowest BCUT2D eigenvalue weighted by molar-refractivity contribution is -0.142. The summed E-state index contributed by atoms with van der Waals surface area (Å²) in [4.78, 5) is 22.7. The van der Waals surface area contributed by atoms with Crippen molar-refractivity contribution in [2.24, 2.45) is 5.92 Å². The number of carbonyl (C=O) groups excluding carboxylic acids is 2. The number of alkyl halides is 3. The van der Waals surface area contributed by atoms with Crippen LogP contribution in [0.1, 0.15) is 26.3 Å². The van der Waals surface area contributed by atoms with Gasteiger partial charge in [-0.05, 0) is 12.1 Å². The molecule has 116 valence electrons. The molecule has 0 atom stereocenters. The summed E-state index contributed by atoms with van der Waals surface area (Å²) in [5, 5.41) is 2.32. The molecule has 0 bridgehead atoms. The van der Waals surface area contributed by atoms with E-state index in [2.05, 4.69) is 26.0 Å². The zero-order valence-corrected chi connectivity index (χ0v) is 13.1. The van der Waals surface area contributed by atoms with Gasteiger partial charge in [0, 0.05) is 17.3 Å². The lowest BCUT2D eigenvalue weighted by Crippen LogP contribution is -2.20. The summed E-state index contributed by atoms with van der Waals surface area (Å²) in [6.07, 6.45) is -4.75. The molecule has 0 spiro atoms. The van der Waals surface area contributed by atoms with Gasteiger partial charge in [0.1, 0.15) is 5.56 Å². The number of nitrogens with one attached hydrogen (secondary N) is 1. The Balaban J connectivity index is 3.43. The minimum absolute atomic E-state index is 0.209. The van der Waals surface area contributed by atoms with Crippen LogP contribution < -0.4 is 10.1 Å². The van der Waals surface area contributed by atoms with Crippen LogP contribution in [0.3, 0.4) is 0 Å². The van der Waals surface area contributed by atoms with E-state index in [1.54, 1.807) is 13.8 Å². The molecule has 0 saturated heterocycles. The SMILES string of the molecule is CC(=O)Oc1c(NC(=O)C(C)C)ccc(Br)c1C(F)(F)F. The van der Waals surface area contributed by atoms with Gasteiger partial charge >= 0.3 is 12.1 Å². The Morgan fingerprint density at radius 1 is 1.29 bits per heavy atom. The lowest BCUT2D eigenvalue weighted by atomic mass is 10.1. The Labute approximate surface area is 127 Å². The molecule has 0 aliphatic rings. The average molecular weight is 368 g/mol. The van der Waals surface area contributed by atoms with Crippen molar-refractivity contribution in [3.63, 3.8) is 0 Å². The summed E-state index contributed by atoms with van der Waals surface area (Å²) in [6, 6.07) is 2.36. The summed E-state index contributed by atoms with van der Waals surface area (Å²) < 4.78 is 43.7. The summed E-state index contributed by atoms with van der Waals surface area (Å²) in [6.45, 7) is 4.16. The van der Waals surface area contributed by atoms with E-state index in [1.165, 1.54) is 6.07 Å². The molecule has 0 radical (unpaired) electrons. The van der Waals surface area contributed by atoms with Gasteiger partial charge in [-0.1, -0.05) is 29.8 Å². The van der Waals surface area contributed by atoms with Crippen molar-refractivity contribution >= 4 is 33.5 Å². The minimum Gasteiger partial charge on any atom is -0.424 e. The second kappa shape index (κ2) is 6.46. The third kappa shape index (κ3) is 4.45. The first kappa shape index (κ1) is 17.5. The number of esters is 1. The monoisotopic (exact) mass is 367 g/mol. The van der Waals surface area contributed by atoms with Crippen LogP contribution in [0.4, 0.5) is 18.9 Å². The van der Waals surface area contributed by atoms with Crippen molar-refractivity contribution in [2.75, 3.05) is 5.32 Å². The first-order valence-corrected chi connectivity index (χ1v) is 6.72. The summed E-state index contributed by atoms with van der Waals surface area (Å²) >= 11 is 2.78. The maximum Gasteiger partial charge on any atom is 0.421 e. The molecule has 4 nitrogen and oxygen atoms in total. The van der Waals surface area contributed by atoms with Gasteiger partial charge in [0.2, 0.25) is 5.91 Å². The number of hydrogen-bond donors (Lipinski definition) is 1. The van der Waals surface area contributed by atoms with E-state index in [4.69, 9.17) is 0 Å². The van der Waals surface area contributed by atoms with Gasteiger partial charge in [0.25, 0.3) is 0 Å². The molecular formula is C13H13BrF3NO3. The molecule has 1 rings (SSSR count). The minimum atomic E-state index is -4.75. The van der Waals surface area contributed by atoms with Crippen LogP contribution in [0.15, 0.2) is 16.6 Å². The summed E-state index contributed by atoms with van der Waals surface area (Å²) in [5.41, 5.74) is -1.36. The van der Waals surface area contributed by atoms with Gasteiger partial charge < -0.3 is 10.1 Å². The third-order valence-corrected chi connectivity index (χ3v) is 3.08. The van der Waals surface area contributed by atoms with Crippen LogP contribution in [0, 0.1) is 5.92 Å². The quantitative estimate of drug-likeness (QED) is 0.649. The molecule has 1 amide bonds. The Morgan fingerprint density at radius 2 is 1.86 bits per heavy atom. The van der Waals surface area contributed by atoms with E-state index in [0.29, 0.717) is 0 Å². The van der Waals surface area contributed by atoms with Crippen LogP contribution in [-0.2, 0) is 15.8 Å². The zero-order valence-electron chi connectivity index (χ0n) is 11.5. The van der Waals surface area contributed by atoms with E-state index in [1.807, 2.05) is 0 Å². The van der Waals surface area contributed by atoms with Crippen LogP contribution in [0.5, 0.6) is 5.75 Å². The normalized spacial score (nSPS) is 11.4. The molecule has 8 heteroatoms. The highest BCUT2D eigenvalue weighted by Gasteiger charge is 2.39. The molecule has 0 aromatic heterocycles. The predicted octanol–water partition coefficient (Wildman–Crippen LogP) is 3.99. The van der Waals surface area contributed by atoms with Crippen molar-refractivity contribution in [1.82, 2.24) is 0 Å². The van der Waals surface area contributed by atoms with Crippen molar-refractivity contribution in [1.29, 1.82) is 0 Å². The highest BCUT2D eigenvalue weighted by Crippen LogP contribution is 2.45. The topological polar surface area (TPSA) is 55.4 Å². The largest absolute Gasteiger partial charge is 0.424 e. The zero-order chi connectivity index (χ0) is 16.4. The summed E-state index contributed by atoms with van der Waals surface area (Å²) in [7, 11) is 0. The maximum atomic E-state index is 13.1. The Hall–Kier alpha value is -1.57. The van der Waals surface area contributed by atoms with E-state index in [9.17, 15) is 22.8 Å². The van der Waals surface area contributed by atoms with Crippen molar-refractivity contribution in [3.8, 4) is 5.75 Å². The van der Waals surface area contributed by atoms with E-state index >= 15 is 0 Å². The van der Waals surface area contributed by atoms with Gasteiger partial charge in [-0.25, -0.2) is 0 Å². The number of ether oxygens (including phenoxy) is 1. The number of anilines is 1. The van der Waals surface area contributed by atoms with Gasteiger partial charge in [0.15, 0.2) is 5.75 Å². The Bertz CT molecular complexity index is 571. The van der Waals surface area contributed by atoms with Crippen LogP contribution in [0.2, 0.25) is 0 Å². The predicted molar refractivity (Wildman–Crippen MR) is 73.9 cm³/mol. The highest BCUT2D eigenvalue weighted by atomic mass is 79.9. The van der Waals surface area contributed by atoms with Gasteiger partial charge in [-0.3, -0.25) is 9.59 Å². The van der Waals surface area contributed by atoms with Crippen LogP contribution in [-0.4, -0.2) is 11.9 Å². The van der Waals surface area contributed by atoms with E-state index in [0.717, 1.165) is 13.0 Å².